The maximum Gasteiger partial charge on any atom is 0.0785 e. The van der Waals surface area contributed by atoms with Crippen LogP contribution in [0.25, 0.3) is 0 Å². The highest BCUT2D eigenvalue weighted by Gasteiger charge is 0.926. The second kappa shape index (κ2) is 853. The molecule has 0 atom stereocenters. The average Bonchev–Trinajstić information content (AvgIpc) is 1.00. The Balaban J connectivity index is -0.00000000500. The molecule has 0 radical (unpaired) electrons. The number of hydrogen-bond acceptors (Lipinski definition) is 0. The molecule has 2 N–H and O–H groups in total. The number of alkyl halides is 1. The summed E-state index contributed by atoms with van der Waals surface area (Å²) in [5, 5.41) is 0. The van der Waals surface area contributed by atoms with Crippen molar-refractivity contribution in [3.63, 3.8) is 0 Å². The molecule has 0 aliphatic heterocycles. The summed E-state index contributed by atoms with van der Waals surface area (Å²) in [5.41, 5.74) is 0. The summed E-state index contributed by atoms with van der Waals surface area (Å²) in [6.45, 7) is 0. The minimum atomic E-state index is 0. The van der Waals surface area contributed by atoms with Crippen LogP contribution >= 0.6 is 0 Å². The SMILES string of the molecule is C.CF.O. The third kappa shape index (κ3) is 124. The first-order chi connectivity index (χ1) is 1.00. The summed E-state index contributed by atoms with van der Waals surface area (Å²) < 4.78 is 9.50. The van der Waals surface area contributed by atoms with Gasteiger partial charge in [-0.3, -0.25) is 4.39 Å². The zero-order valence-electron chi connectivity index (χ0n) is 1.88. The summed E-state index contributed by atoms with van der Waals surface area (Å²) in [6, 6.07) is 0. The van der Waals surface area contributed by atoms with Crippen molar-refractivity contribution in [3.8, 4) is 0 Å². The van der Waals surface area contributed by atoms with Gasteiger partial charge in [-0.25, -0.2) is 0 Å². The molecule has 0 heterocycles. The van der Waals surface area contributed by atoms with Crippen LogP contribution in [0, 0.1) is 0 Å². The molecule has 0 rings (SSSR count). The van der Waals surface area contributed by atoms with Gasteiger partial charge in [-0.2, -0.15) is 0 Å². The van der Waals surface area contributed by atoms with Crippen LogP contribution in [0.4, 0.5) is 4.39 Å². The number of rotatable bonds is 0. The zero-order valence-corrected chi connectivity index (χ0v) is 1.88. The molecule has 0 unspecified atom stereocenters. The lowest BCUT2D eigenvalue weighted by atomic mass is 11.9. The normalized spacial score (nSPS) is 1.50. The topological polar surface area (TPSA) is 31.5 Å². The van der Waals surface area contributed by atoms with E-state index in [9.17, 15) is 4.39 Å². The highest BCUT2D eigenvalue weighted by atomic mass is 19.1. The fraction of sp³-hybridized carbons (Fsp3) is 1.00. The van der Waals surface area contributed by atoms with Gasteiger partial charge < -0.3 is 5.48 Å². The van der Waals surface area contributed by atoms with Crippen LogP contribution in [0.2, 0.25) is 0 Å². The minimum absolute atomic E-state index is 0. The van der Waals surface area contributed by atoms with Crippen LogP contribution in [0.5, 0.6) is 0 Å². The summed E-state index contributed by atoms with van der Waals surface area (Å²) in [6.07, 6.45) is 0. The van der Waals surface area contributed by atoms with E-state index in [0.717, 1.165) is 0 Å². The minimum Gasteiger partial charge on any atom is -0.412 e. The third-order valence-electron chi connectivity index (χ3n) is 0. The van der Waals surface area contributed by atoms with E-state index >= 15 is 0 Å². The first-order valence-electron chi connectivity index (χ1n) is 0.378. The zero-order chi connectivity index (χ0) is 2.00. The third-order valence-corrected chi connectivity index (χ3v) is 0. The highest BCUT2D eigenvalue weighted by molar-refractivity contribution is 3.23. The maximum absolute atomic E-state index is 9.50. The van der Waals surface area contributed by atoms with Crippen LogP contribution < -0.4 is 0 Å². The second-order valence-electron chi connectivity index (χ2n) is 0. The van der Waals surface area contributed by atoms with Gasteiger partial charge in [-0.1, -0.05) is 7.43 Å². The van der Waals surface area contributed by atoms with E-state index in [0.29, 0.717) is 7.18 Å². The molecule has 0 aliphatic rings. The van der Waals surface area contributed by atoms with Crippen molar-refractivity contribution < 1.29 is 9.87 Å². The van der Waals surface area contributed by atoms with Crippen LogP contribution in [0.15, 0.2) is 0 Å². The molecule has 30 valence electrons. The summed E-state index contributed by atoms with van der Waals surface area (Å²) in [7, 11) is 0.500. The molecule has 0 aromatic heterocycles. The Labute approximate surface area is 25.8 Å². The van der Waals surface area contributed by atoms with Crippen molar-refractivity contribution >= 4 is 0 Å². The van der Waals surface area contributed by atoms with Gasteiger partial charge in [0.2, 0.25) is 0 Å². The van der Waals surface area contributed by atoms with E-state index in [1.807, 2.05) is 0 Å². The van der Waals surface area contributed by atoms with Gasteiger partial charge in [0.05, 0.1) is 7.18 Å². The summed E-state index contributed by atoms with van der Waals surface area (Å²) in [4.78, 5) is 0. The van der Waals surface area contributed by atoms with E-state index in [-0.39, 0.29) is 12.9 Å². The van der Waals surface area contributed by atoms with Crippen molar-refractivity contribution in [1.29, 1.82) is 0 Å². The Hall–Kier alpha value is -0.110. The van der Waals surface area contributed by atoms with Gasteiger partial charge in [0.15, 0.2) is 0 Å². The molecule has 0 saturated carbocycles. The predicted octanol–water partition coefficient (Wildman–Crippen LogP) is 0.397. The monoisotopic (exact) mass is 68.1 g/mol. The smallest absolute Gasteiger partial charge is 0.0785 e. The second-order valence-corrected chi connectivity index (χ2v) is 0. The molecule has 0 saturated heterocycles. The van der Waals surface area contributed by atoms with Gasteiger partial charge in [-0.15, -0.1) is 0 Å². The van der Waals surface area contributed by atoms with Gasteiger partial charge in [-0.05, 0) is 0 Å². The van der Waals surface area contributed by atoms with E-state index in [2.05, 4.69) is 0 Å². The molecule has 2 heteroatoms. The Morgan fingerprint density at radius 1 is 1.25 bits per heavy atom. The van der Waals surface area contributed by atoms with Crippen LogP contribution in [0.1, 0.15) is 7.43 Å². The molecular weight excluding hydrogens is 59.0 g/mol. The molecule has 0 amide bonds. The van der Waals surface area contributed by atoms with Crippen LogP contribution in [-0.4, -0.2) is 12.7 Å². The van der Waals surface area contributed by atoms with Gasteiger partial charge >= 0.3 is 0 Å². The molecule has 1 nitrogen and oxygen atoms in total. The Morgan fingerprint density at radius 3 is 1.25 bits per heavy atom. The first kappa shape index (κ1) is 41.0. The predicted molar refractivity (Wildman–Crippen MR) is 17.4 cm³/mol. The standard InChI is InChI=1S/CH3F.CH4.H2O/c1-2;;/h1H3;1H4;1H2. The molecule has 0 aliphatic carbocycles. The Morgan fingerprint density at radius 2 is 1.25 bits per heavy atom. The van der Waals surface area contributed by atoms with E-state index in [1.165, 1.54) is 0 Å². The van der Waals surface area contributed by atoms with Crippen molar-refractivity contribution in [2.75, 3.05) is 7.18 Å². The lowest BCUT2D eigenvalue weighted by Gasteiger charge is -1.10. The molecule has 0 bridgehead atoms. The number of hydrogen-bond donors (Lipinski definition) is 0. The maximum atomic E-state index is 9.50. The van der Waals surface area contributed by atoms with Crippen LogP contribution in [0.3, 0.4) is 0 Å². The summed E-state index contributed by atoms with van der Waals surface area (Å²) >= 11 is 0. The number of halogens is 1. The van der Waals surface area contributed by atoms with Crippen molar-refractivity contribution in [2.24, 2.45) is 0 Å². The lowest BCUT2D eigenvalue weighted by Crippen LogP contribution is -0.939. The summed E-state index contributed by atoms with van der Waals surface area (Å²) in [5.74, 6) is 0. The quantitative estimate of drug-likeness (QED) is 0.393. The molecular formula is C2H9FO. The molecule has 4 heavy (non-hydrogen) atoms. The van der Waals surface area contributed by atoms with E-state index in [4.69, 9.17) is 0 Å². The van der Waals surface area contributed by atoms with E-state index in [1.54, 1.807) is 0 Å². The largest absolute Gasteiger partial charge is 0.412 e. The molecule has 0 spiro atoms. The van der Waals surface area contributed by atoms with Crippen molar-refractivity contribution in [2.45, 2.75) is 7.43 Å². The lowest BCUT2D eigenvalue weighted by molar-refractivity contribution is 0.636. The van der Waals surface area contributed by atoms with Gasteiger partial charge in [0.25, 0.3) is 0 Å². The van der Waals surface area contributed by atoms with E-state index < -0.39 is 0 Å². The van der Waals surface area contributed by atoms with Crippen molar-refractivity contribution in [3.05, 3.63) is 0 Å². The highest BCUT2D eigenvalue weighted by Crippen LogP contribution is 1.16. The van der Waals surface area contributed by atoms with Crippen LogP contribution in [-0.2, 0) is 0 Å². The Bertz CT molecular complexity index is 6.00. The molecule has 0 aromatic rings. The fourth-order valence-electron chi connectivity index (χ4n) is 0. The van der Waals surface area contributed by atoms with Crippen molar-refractivity contribution in [1.82, 2.24) is 0 Å². The first-order valence-corrected chi connectivity index (χ1v) is 0.378. The molecule has 0 fully saturated rings. The average molecular weight is 68.1 g/mol. The molecule has 0 aromatic carbocycles. The van der Waals surface area contributed by atoms with Gasteiger partial charge in [0, 0.05) is 0 Å². The fourth-order valence-corrected chi connectivity index (χ4v) is 0. The Kier molecular flexibility index (Phi) is 8750. The van der Waals surface area contributed by atoms with Gasteiger partial charge in [0.1, 0.15) is 0 Å².